The van der Waals surface area contributed by atoms with E-state index in [4.69, 9.17) is 5.26 Å². The number of pyridine rings is 1. The quantitative estimate of drug-likeness (QED) is 0.724. The summed E-state index contributed by atoms with van der Waals surface area (Å²) in [6.45, 7) is 0.355. The maximum atomic E-state index is 13.5. The van der Waals surface area contributed by atoms with Crippen LogP contribution in [0.2, 0.25) is 0 Å². The van der Waals surface area contributed by atoms with Crippen LogP contribution in [0.4, 0.5) is 4.39 Å². The van der Waals surface area contributed by atoms with Crippen molar-refractivity contribution in [3.63, 3.8) is 0 Å². The zero-order valence-electron chi connectivity index (χ0n) is 9.05. The van der Waals surface area contributed by atoms with Crippen LogP contribution in [0.15, 0.2) is 53.7 Å². The van der Waals surface area contributed by atoms with Crippen molar-refractivity contribution in [2.45, 2.75) is 6.54 Å². The number of rotatable bonds is 2. The molecule has 2 rings (SSSR count). The molecule has 0 atom stereocenters. The minimum atomic E-state index is -0.258. The lowest BCUT2D eigenvalue weighted by Gasteiger charge is -2.07. The molecule has 3 nitrogen and oxygen atoms in total. The highest BCUT2D eigenvalue weighted by Gasteiger charge is 2.01. The molecule has 0 amide bonds. The Hall–Kier alpha value is -2.41. The van der Waals surface area contributed by atoms with E-state index in [1.54, 1.807) is 47.3 Å². The molecule has 0 aliphatic heterocycles. The number of hydrogen-bond donors (Lipinski definition) is 0. The van der Waals surface area contributed by atoms with Gasteiger partial charge in [0, 0.05) is 11.8 Å². The van der Waals surface area contributed by atoms with Crippen molar-refractivity contribution in [3.05, 3.63) is 65.5 Å². The Kier molecular flexibility index (Phi) is 3.31. The molecule has 0 aliphatic rings. The summed E-state index contributed by atoms with van der Waals surface area (Å²) in [6, 6.07) is 11.9. The van der Waals surface area contributed by atoms with E-state index in [2.05, 4.69) is 4.99 Å². The molecule has 0 radical (unpaired) electrons. The van der Waals surface area contributed by atoms with Crippen LogP contribution in [0.25, 0.3) is 0 Å². The molecule has 0 spiro atoms. The summed E-state index contributed by atoms with van der Waals surface area (Å²) in [4.78, 5) is 3.68. The van der Waals surface area contributed by atoms with Crippen molar-refractivity contribution in [1.29, 1.82) is 5.26 Å². The van der Waals surface area contributed by atoms with Gasteiger partial charge in [0.1, 0.15) is 11.3 Å². The lowest BCUT2D eigenvalue weighted by molar-refractivity contribution is 0.595. The van der Waals surface area contributed by atoms with Crippen LogP contribution >= 0.6 is 0 Å². The Bertz CT molecular complexity index is 623. The van der Waals surface area contributed by atoms with Crippen LogP contribution in [0, 0.1) is 17.3 Å². The summed E-state index contributed by atoms with van der Waals surface area (Å²) in [7, 11) is 0. The number of benzene rings is 1. The molecule has 0 saturated carbocycles. The Labute approximate surface area is 98.1 Å². The van der Waals surface area contributed by atoms with E-state index in [9.17, 15) is 4.39 Å². The SMILES string of the molecule is N#C/N=c1\ccccn1Cc1ccccc1F. The van der Waals surface area contributed by atoms with Gasteiger partial charge in [-0.05, 0) is 18.2 Å². The average molecular weight is 227 g/mol. The van der Waals surface area contributed by atoms with Crippen molar-refractivity contribution in [2.75, 3.05) is 0 Å². The highest BCUT2D eigenvalue weighted by atomic mass is 19.1. The molecular formula is C13H10FN3. The third kappa shape index (κ3) is 2.58. The van der Waals surface area contributed by atoms with Crippen molar-refractivity contribution in [2.24, 2.45) is 4.99 Å². The third-order valence-electron chi connectivity index (χ3n) is 2.38. The first-order chi connectivity index (χ1) is 8.31. The highest BCUT2D eigenvalue weighted by Crippen LogP contribution is 2.07. The highest BCUT2D eigenvalue weighted by molar-refractivity contribution is 5.17. The van der Waals surface area contributed by atoms with E-state index in [0.717, 1.165) is 0 Å². The van der Waals surface area contributed by atoms with Gasteiger partial charge in [-0.1, -0.05) is 24.3 Å². The van der Waals surface area contributed by atoms with Crippen LogP contribution < -0.4 is 5.49 Å². The lowest BCUT2D eigenvalue weighted by atomic mass is 10.2. The summed E-state index contributed by atoms with van der Waals surface area (Å²) >= 11 is 0. The fourth-order valence-corrected chi connectivity index (χ4v) is 1.56. The van der Waals surface area contributed by atoms with E-state index in [1.807, 2.05) is 6.07 Å². The molecule has 1 aromatic carbocycles. The van der Waals surface area contributed by atoms with Crippen LogP contribution in [-0.2, 0) is 6.54 Å². The number of hydrogen-bond acceptors (Lipinski definition) is 2. The van der Waals surface area contributed by atoms with Crippen LogP contribution in [0.3, 0.4) is 0 Å². The summed E-state index contributed by atoms with van der Waals surface area (Å²) in [6.07, 6.45) is 3.50. The van der Waals surface area contributed by atoms with E-state index in [1.165, 1.54) is 6.07 Å². The van der Waals surface area contributed by atoms with Crippen molar-refractivity contribution >= 4 is 0 Å². The Morgan fingerprint density at radius 1 is 1.18 bits per heavy atom. The van der Waals surface area contributed by atoms with E-state index >= 15 is 0 Å². The molecule has 0 N–H and O–H groups in total. The van der Waals surface area contributed by atoms with Gasteiger partial charge in [0.25, 0.3) is 0 Å². The fraction of sp³-hybridized carbons (Fsp3) is 0.0769. The summed E-state index contributed by atoms with van der Waals surface area (Å²) in [5.41, 5.74) is 1.08. The maximum Gasteiger partial charge on any atom is 0.207 e. The number of nitriles is 1. The van der Waals surface area contributed by atoms with Gasteiger partial charge in [0.15, 0.2) is 0 Å². The van der Waals surface area contributed by atoms with Gasteiger partial charge in [0.05, 0.1) is 6.54 Å². The Balaban J connectivity index is 2.41. The predicted octanol–water partition coefficient (Wildman–Crippen LogP) is 2.06. The van der Waals surface area contributed by atoms with Gasteiger partial charge in [-0.25, -0.2) is 4.39 Å². The van der Waals surface area contributed by atoms with E-state index < -0.39 is 0 Å². The first-order valence-corrected chi connectivity index (χ1v) is 5.13. The molecule has 0 aliphatic carbocycles. The molecule has 17 heavy (non-hydrogen) atoms. The first kappa shape index (κ1) is 11.1. The van der Waals surface area contributed by atoms with Gasteiger partial charge in [-0.15, -0.1) is 0 Å². The largest absolute Gasteiger partial charge is 0.328 e. The first-order valence-electron chi connectivity index (χ1n) is 5.13. The molecule has 2 aromatic rings. The van der Waals surface area contributed by atoms with Gasteiger partial charge in [-0.2, -0.15) is 10.3 Å². The average Bonchev–Trinajstić information content (AvgIpc) is 2.35. The molecule has 0 fully saturated rings. The zero-order chi connectivity index (χ0) is 12.1. The second kappa shape index (κ2) is 5.08. The monoisotopic (exact) mass is 227 g/mol. The number of halogens is 1. The standard InChI is InChI=1S/C13H10FN3/c14-12-6-2-1-5-11(12)9-17-8-4-3-7-13(17)16-10-15/h1-8H,9H2/b16-13+. The summed E-state index contributed by atoms with van der Waals surface area (Å²) in [5, 5.41) is 8.56. The van der Waals surface area contributed by atoms with Crippen molar-refractivity contribution < 1.29 is 4.39 Å². The molecular weight excluding hydrogens is 217 g/mol. The summed E-state index contributed by atoms with van der Waals surface area (Å²) < 4.78 is 15.2. The molecule has 0 saturated heterocycles. The minimum absolute atomic E-state index is 0.258. The zero-order valence-corrected chi connectivity index (χ0v) is 9.05. The van der Waals surface area contributed by atoms with Crippen molar-refractivity contribution in [3.8, 4) is 6.19 Å². The molecule has 84 valence electrons. The summed E-state index contributed by atoms with van der Waals surface area (Å²) in [5.74, 6) is -0.258. The van der Waals surface area contributed by atoms with Crippen LogP contribution in [0.5, 0.6) is 0 Å². The number of nitrogens with zero attached hydrogens (tertiary/aromatic N) is 3. The molecule has 0 unspecified atom stereocenters. The third-order valence-corrected chi connectivity index (χ3v) is 2.38. The normalized spacial score (nSPS) is 11.2. The van der Waals surface area contributed by atoms with Crippen LogP contribution in [0.1, 0.15) is 5.56 Å². The second-order valence-corrected chi connectivity index (χ2v) is 3.49. The fourth-order valence-electron chi connectivity index (χ4n) is 1.56. The topological polar surface area (TPSA) is 41.1 Å². The molecule has 0 bridgehead atoms. The van der Waals surface area contributed by atoms with Gasteiger partial charge in [0.2, 0.25) is 6.19 Å². The van der Waals surface area contributed by atoms with Gasteiger partial charge in [-0.3, -0.25) is 0 Å². The number of aromatic nitrogens is 1. The van der Waals surface area contributed by atoms with Crippen molar-refractivity contribution in [1.82, 2.24) is 4.57 Å². The molecule has 1 heterocycles. The Morgan fingerprint density at radius 2 is 1.94 bits per heavy atom. The van der Waals surface area contributed by atoms with Gasteiger partial charge >= 0.3 is 0 Å². The minimum Gasteiger partial charge on any atom is -0.328 e. The maximum absolute atomic E-state index is 13.5. The second-order valence-electron chi connectivity index (χ2n) is 3.49. The molecule has 4 heteroatoms. The van der Waals surface area contributed by atoms with Gasteiger partial charge < -0.3 is 4.57 Å². The van der Waals surface area contributed by atoms with E-state index in [0.29, 0.717) is 17.6 Å². The van der Waals surface area contributed by atoms with E-state index in [-0.39, 0.29) is 5.82 Å². The van der Waals surface area contributed by atoms with Crippen LogP contribution in [-0.4, -0.2) is 4.57 Å². The lowest BCUT2D eigenvalue weighted by Crippen LogP contribution is -2.20. The smallest absolute Gasteiger partial charge is 0.207 e. The predicted molar refractivity (Wildman–Crippen MR) is 61.1 cm³/mol. The molecule has 1 aromatic heterocycles. The Morgan fingerprint density at radius 3 is 2.71 bits per heavy atom.